The van der Waals surface area contributed by atoms with Gasteiger partial charge in [0.1, 0.15) is 5.69 Å². The Labute approximate surface area is 127 Å². The maximum atomic E-state index is 11.4. The van der Waals surface area contributed by atoms with Gasteiger partial charge in [-0.05, 0) is 24.6 Å². The minimum absolute atomic E-state index is 0.0291. The summed E-state index contributed by atoms with van der Waals surface area (Å²) < 4.78 is 0. The van der Waals surface area contributed by atoms with Gasteiger partial charge in [-0.1, -0.05) is 25.8 Å². The highest BCUT2D eigenvalue weighted by Crippen LogP contribution is 2.34. The van der Waals surface area contributed by atoms with Crippen molar-refractivity contribution in [1.29, 1.82) is 0 Å². The smallest absolute Gasteiger partial charge is 0.301 e. The molecule has 116 valence electrons. The third-order valence-electron chi connectivity index (χ3n) is 3.27. The molecule has 22 heavy (non-hydrogen) atoms. The number of anilines is 1. The Bertz CT molecular complexity index is 692. The summed E-state index contributed by atoms with van der Waals surface area (Å²) in [6.45, 7) is 2.78. The summed E-state index contributed by atoms with van der Waals surface area (Å²) in [7, 11) is 0. The molecule has 0 spiro atoms. The number of nitro groups is 1. The van der Waals surface area contributed by atoms with Crippen LogP contribution in [0.3, 0.4) is 0 Å². The van der Waals surface area contributed by atoms with Crippen molar-refractivity contribution in [3.05, 3.63) is 50.8 Å². The van der Waals surface area contributed by atoms with Gasteiger partial charge in [0.15, 0.2) is 0 Å². The minimum Gasteiger partial charge on any atom is -0.379 e. The van der Waals surface area contributed by atoms with Crippen LogP contribution in [0, 0.1) is 10.1 Å². The number of H-pyrrole nitrogens is 1. The topological polar surface area (TPSA) is 101 Å². The van der Waals surface area contributed by atoms with E-state index in [4.69, 9.17) is 0 Å². The van der Waals surface area contributed by atoms with Gasteiger partial charge in [0.25, 0.3) is 5.56 Å². The highest BCUT2D eigenvalue weighted by atomic mass is 16.6. The third-order valence-corrected chi connectivity index (χ3v) is 3.27. The highest BCUT2D eigenvalue weighted by Gasteiger charge is 2.21. The van der Waals surface area contributed by atoms with E-state index < -0.39 is 4.92 Å². The van der Waals surface area contributed by atoms with E-state index in [1.165, 1.54) is 12.1 Å². The molecule has 0 amide bonds. The van der Waals surface area contributed by atoms with E-state index in [2.05, 4.69) is 22.4 Å². The predicted molar refractivity (Wildman–Crippen MR) is 85.0 cm³/mol. The van der Waals surface area contributed by atoms with Crippen LogP contribution in [0.15, 0.2) is 35.1 Å². The summed E-state index contributed by atoms with van der Waals surface area (Å²) >= 11 is 0. The van der Waals surface area contributed by atoms with Gasteiger partial charge >= 0.3 is 5.69 Å². The normalized spacial score (nSPS) is 10.4. The highest BCUT2D eigenvalue weighted by molar-refractivity contribution is 5.80. The second-order valence-corrected chi connectivity index (χ2v) is 4.90. The Balaban J connectivity index is 2.35. The molecule has 0 fully saturated rings. The van der Waals surface area contributed by atoms with E-state index in [1.807, 2.05) is 0 Å². The van der Waals surface area contributed by atoms with Crippen molar-refractivity contribution < 1.29 is 4.92 Å². The fourth-order valence-electron chi connectivity index (χ4n) is 2.18. The van der Waals surface area contributed by atoms with Gasteiger partial charge in [0.2, 0.25) is 0 Å². The van der Waals surface area contributed by atoms with Crippen molar-refractivity contribution in [2.24, 2.45) is 0 Å². The van der Waals surface area contributed by atoms with E-state index in [0.717, 1.165) is 19.3 Å². The van der Waals surface area contributed by atoms with E-state index in [-0.39, 0.29) is 11.2 Å². The van der Waals surface area contributed by atoms with Crippen LogP contribution < -0.4 is 10.9 Å². The first-order valence-electron chi connectivity index (χ1n) is 7.21. The second-order valence-electron chi connectivity index (χ2n) is 4.90. The Morgan fingerprint density at radius 3 is 2.73 bits per heavy atom. The molecule has 0 aliphatic rings. The molecule has 7 nitrogen and oxygen atoms in total. The van der Waals surface area contributed by atoms with Gasteiger partial charge in [-0.2, -0.15) is 5.10 Å². The number of benzene rings is 1. The number of aromatic nitrogens is 2. The summed E-state index contributed by atoms with van der Waals surface area (Å²) in [5.41, 5.74) is 0.829. The molecule has 0 saturated heterocycles. The molecule has 2 aromatic rings. The fourth-order valence-corrected chi connectivity index (χ4v) is 2.18. The van der Waals surface area contributed by atoms with E-state index in [0.29, 0.717) is 23.5 Å². The number of nitrogens with zero attached hydrogens (tertiary/aromatic N) is 2. The van der Waals surface area contributed by atoms with Crippen LogP contribution in [-0.4, -0.2) is 21.7 Å². The number of hydrogen-bond donors (Lipinski definition) is 2. The zero-order valence-corrected chi connectivity index (χ0v) is 12.3. The van der Waals surface area contributed by atoms with Crippen LogP contribution in [-0.2, 0) is 0 Å². The molecule has 0 unspecified atom stereocenters. The Hall–Kier alpha value is -2.70. The lowest BCUT2D eigenvalue weighted by atomic mass is 10.1. The van der Waals surface area contributed by atoms with Crippen LogP contribution in [0.2, 0.25) is 0 Å². The quantitative estimate of drug-likeness (QED) is 0.465. The molecule has 2 rings (SSSR count). The third kappa shape index (κ3) is 3.69. The molecule has 7 heteroatoms. The number of aromatic amines is 1. The van der Waals surface area contributed by atoms with Crippen LogP contribution in [0.1, 0.15) is 26.2 Å². The molecule has 0 radical (unpaired) electrons. The maximum absolute atomic E-state index is 11.4. The second kappa shape index (κ2) is 7.35. The van der Waals surface area contributed by atoms with Crippen molar-refractivity contribution in [2.45, 2.75) is 26.2 Å². The van der Waals surface area contributed by atoms with Gasteiger partial charge in [-0.25, -0.2) is 5.10 Å². The molecule has 0 atom stereocenters. The fraction of sp³-hybridized carbons (Fsp3) is 0.333. The molecule has 0 saturated carbocycles. The molecule has 1 heterocycles. The summed E-state index contributed by atoms with van der Waals surface area (Å²) in [6, 6.07) is 7.81. The number of para-hydroxylation sites is 1. The SMILES string of the molecule is CCCCCNc1cccc(-c2ccc(=O)[nH]n2)c1[N+](=O)[O-]. The number of nitro benzene ring substituents is 1. The van der Waals surface area contributed by atoms with Crippen molar-refractivity contribution in [1.82, 2.24) is 10.2 Å². The van der Waals surface area contributed by atoms with Gasteiger partial charge in [-0.15, -0.1) is 0 Å². The molecule has 0 aliphatic carbocycles. The van der Waals surface area contributed by atoms with Crippen LogP contribution in [0.25, 0.3) is 11.3 Å². The monoisotopic (exact) mass is 302 g/mol. The van der Waals surface area contributed by atoms with Crippen molar-refractivity contribution in [2.75, 3.05) is 11.9 Å². The number of hydrogen-bond acceptors (Lipinski definition) is 5. The van der Waals surface area contributed by atoms with Gasteiger partial charge in [-0.3, -0.25) is 14.9 Å². The lowest BCUT2D eigenvalue weighted by Gasteiger charge is -2.09. The lowest BCUT2D eigenvalue weighted by Crippen LogP contribution is -2.08. The molecule has 1 aromatic heterocycles. The summed E-state index contributed by atoms with van der Waals surface area (Å²) in [5, 5.41) is 20.7. The van der Waals surface area contributed by atoms with Crippen LogP contribution >= 0.6 is 0 Å². The lowest BCUT2D eigenvalue weighted by molar-refractivity contribution is -0.383. The number of unbranched alkanes of at least 4 members (excludes halogenated alkanes) is 2. The Kier molecular flexibility index (Phi) is 5.24. The van der Waals surface area contributed by atoms with Gasteiger partial charge in [0, 0.05) is 12.6 Å². The number of nitrogens with one attached hydrogen (secondary N) is 2. The first kappa shape index (κ1) is 15.7. The molecule has 0 aliphatic heterocycles. The van der Waals surface area contributed by atoms with Gasteiger partial charge < -0.3 is 5.32 Å². The average molecular weight is 302 g/mol. The van der Waals surface area contributed by atoms with Crippen LogP contribution in [0.4, 0.5) is 11.4 Å². The Morgan fingerprint density at radius 2 is 2.09 bits per heavy atom. The van der Waals surface area contributed by atoms with Gasteiger partial charge in [0.05, 0.1) is 16.2 Å². The zero-order valence-electron chi connectivity index (χ0n) is 12.3. The van der Waals surface area contributed by atoms with E-state index >= 15 is 0 Å². The molecule has 0 bridgehead atoms. The van der Waals surface area contributed by atoms with E-state index in [1.54, 1.807) is 18.2 Å². The maximum Gasteiger partial charge on any atom is 0.301 e. The first-order valence-corrected chi connectivity index (χ1v) is 7.21. The molecular weight excluding hydrogens is 284 g/mol. The first-order chi connectivity index (χ1) is 10.6. The average Bonchev–Trinajstić information content (AvgIpc) is 2.52. The largest absolute Gasteiger partial charge is 0.379 e. The molecule has 1 aromatic carbocycles. The van der Waals surface area contributed by atoms with Crippen LogP contribution in [0.5, 0.6) is 0 Å². The summed E-state index contributed by atoms with van der Waals surface area (Å²) in [5.74, 6) is 0. The summed E-state index contributed by atoms with van der Waals surface area (Å²) in [6.07, 6.45) is 3.11. The number of rotatable bonds is 7. The van der Waals surface area contributed by atoms with Crippen molar-refractivity contribution in [3.63, 3.8) is 0 Å². The minimum atomic E-state index is -0.426. The van der Waals surface area contributed by atoms with Crippen molar-refractivity contribution in [3.8, 4) is 11.3 Å². The molecule has 2 N–H and O–H groups in total. The molecular formula is C15H18N4O3. The summed E-state index contributed by atoms with van der Waals surface area (Å²) in [4.78, 5) is 22.1. The zero-order chi connectivity index (χ0) is 15.9. The van der Waals surface area contributed by atoms with E-state index in [9.17, 15) is 14.9 Å². The Morgan fingerprint density at radius 1 is 1.27 bits per heavy atom. The van der Waals surface area contributed by atoms with Crippen molar-refractivity contribution >= 4 is 11.4 Å². The standard InChI is InChI=1S/C15H18N4O3/c1-2-3-4-10-16-13-7-5-6-11(15(13)19(21)22)12-8-9-14(20)18-17-12/h5-9,16H,2-4,10H2,1H3,(H,18,20). The predicted octanol–water partition coefficient (Wildman–Crippen LogP) is 2.95.